The van der Waals surface area contributed by atoms with Gasteiger partial charge in [-0.3, -0.25) is 4.90 Å². The maximum atomic E-state index is 8.42. The molecule has 0 aliphatic carbocycles. The van der Waals surface area contributed by atoms with Gasteiger partial charge in [0.1, 0.15) is 0 Å². The number of rotatable bonds is 2. The molecule has 1 aliphatic heterocycles. The Morgan fingerprint density at radius 3 is 3.00 bits per heavy atom. The van der Waals surface area contributed by atoms with Gasteiger partial charge in [-0.25, -0.2) is 0 Å². The molecule has 1 aromatic rings. The van der Waals surface area contributed by atoms with E-state index in [-0.39, 0.29) is 0 Å². The molecule has 1 aromatic heterocycles. The lowest BCUT2D eigenvalue weighted by atomic mass is 10.0. The molecule has 1 fully saturated rings. The van der Waals surface area contributed by atoms with Crippen molar-refractivity contribution in [3.63, 3.8) is 0 Å². The number of hydrogen-bond acceptors (Lipinski definition) is 5. The van der Waals surface area contributed by atoms with E-state index in [4.69, 9.17) is 9.78 Å². The first-order chi connectivity index (χ1) is 6.29. The van der Waals surface area contributed by atoms with Crippen LogP contribution in [0.15, 0.2) is 4.52 Å². The van der Waals surface area contributed by atoms with E-state index in [1.54, 1.807) is 6.92 Å². The highest BCUT2D eigenvalue weighted by Crippen LogP contribution is 2.24. The molecular formula is C8H10N4O. The number of likely N-dealkylation sites (tertiary alicyclic amines) is 1. The van der Waals surface area contributed by atoms with E-state index in [1.807, 2.05) is 4.90 Å². The molecule has 13 heavy (non-hydrogen) atoms. The summed E-state index contributed by atoms with van der Waals surface area (Å²) in [4.78, 5) is 6.19. The summed E-state index contributed by atoms with van der Waals surface area (Å²) < 4.78 is 5.02. The Labute approximate surface area is 76.0 Å². The van der Waals surface area contributed by atoms with Crippen molar-refractivity contribution in [3.05, 3.63) is 11.7 Å². The molecule has 0 unspecified atom stereocenters. The minimum atomic E-state index is 0.328. The van der Waals surface area contributed by atoms with E-state index >= 15 is 0 Å². The number of hydrogen-bond donors (Lipinski definition) is 0. The fourth-order valence-corrected chi connectivity index (χ4v) is 1.43. The Morgan fingerprint density at radius 1 is 1.69 bits per heavy atom. The summed E-state index contributed by atoms with van der Waals surface area (Å²) in [6.07, 6.45) is 0. The fraction of sp³-hybridized carbons (Fsp3) is 0.625. The van der Waals surface area contributed by atoms with E-state index in [2.05, 4.69) is 16.2 Å². The first-order valence-electron chi connectivity index (χ1n) is 4.19. The van der Waals surface area contributed by atoms with Crippen LogP contribution in [0, 0.1) is 18.3 Å². The molecule has 2 heterocycles. The molecule has 0 atom stereocenters. The summed E-state index contributed by atoms with van der Waals surface area (Å²) in [6.45, 7) is 4.01. The van der Waals surface area contributed by atoms with Crippen molar-refractivity contribution in [2.45, 2.75) is 12.8 Å². The Balaban J connectivity index is 1.91. The van der Waals surface area contributed by atoms with Crippen LogP contribution in [0.3, 0.4) is 0 Å². The van der Waals surface area contributed by atoms with Crippen LogP contribution in [-0.4, -0.2) is 34.7 Å². The maximum Gasteiger partial charge on any atom is 0.232 e. The standard InChI is InChI=1S/C8H10N4O/c1-6-10-8(13-11-6)7-4-12(5-7)3-2-9/h7H,3-5H2,1H3. The zero-order valence-electron chi connectivity index (χ0n) is 7.40. The third-order valence-corrected chi connectivity index (χ3v) is 2.14. The van der Waals surface area contributed by atoms with E-state index < -0.39 is 0 Å². The fourth-order valence-electron chi connectivity index (χ4n) is 1.43. The van der Waals surface area contributed by atoms with Gasteiger partial charge in [0.15, 0.2) is 5.82 Å². The highest BCUT2D eigenvalue weighted by molar-refractivity contribution is 5.02. The molecule has 0 amide bonds. The summed E-state index contributed by atoms with van der Waals surface area (Å²) in [6, 6.07) is 2.11. The molecule has 0 aromatic carbocycles. The molecule has 0 N–H and O–H groups in total. The molecule has 5 nitrogen and oxygen atoms in total. The van der Waals surface area contributed by atoms with Crippen LogP contribution in [0.25, 0.3) is 0 Å². The average Bonchev–Trinajstić information content (AvgIpc) is 2.43. The average molecular weight is 178 g/mol. The van der Waals surface area contributed by atoms with Crippen molar-refractivity contribution >= 4 is 0 Å². The summed E-state index contributed by atoms with van der Waals surface area (Å²) in [5.41, 5.74) is 0. The second kappa shape index (κ2) is 3.15. The van der Waals surface area contributed by atoms with Gasteiger partial charge in [-0.05, 0) is 6.92 Å². The van der Waals surface area contributed by atoms with Gasteiger partial charge in [0.25, 0.3) is 0 Å². The molecule has 68 valence electrons. The quantitative estimate of drug-likeness (QED) is 0.609. The highest BCUT2D eigenvalue weighted by atomic mass is 16.5. The zero-order chi connectivity index (χ0) is 9.26. The molecule has 0 bridgehead atoms. The Hall–Kier alpha value is -1.41. The van der Waals surface area contributed by atoms with Crippen molar-refractivity contribution in [2.75, 3.05) is 19.6 Å². The predicted molar refractivity (Wildman–Crippen MR) is 43.8 cm³/mol. The summed E-state index contributed by atoms with van der Waals surface area (Å²) in [7, 11) is 0. The van der Waals surface area contributed by atoms with Crippen molar-refractivity contribution in [2.24, 2.45) is 0 Å². The van der Waals surface area contributed by atoms with Crippen LogP contribution < -0.4 is 0 Å². The molecule has 2 rings (SSSR count). The molecule has 0 radical (unpaired) electrons. The largest absolute Gasteiger partial charge is 0.339 e. The second-order valence-electron chi connectivity index (χ2n) is 3.23. The monoisotopic (exact) mass is 178 g/mol. The minimum absolute atomic E-state index is 0.328. The summed E-state index contributed by atoms with van der Waals surface area (Å²) in [5.74, 6) is 1.70. The van der Waals surface area contributed by atoms with Crippen molar-refractivity contribution in [1.29, 1.82) is 5.26 Å². The van der Waals surface area contributed by atoms with Gasteiger partial charge in [0.2, 0.25) is 5.89 Å². The number of aryl methyl sites for hydroxylation is 1. The third kappa shape index (κ3) is 1.53. The van der Waals surface area contributed by atoms with Crippen molar-refractivity contribution in [3.8, 4) is 6.07 Å². The van der Waals surface area contributed by atoms with Gasteiger partial charge in [-0.2, -0.15) is 10.2 Å². The van der Waals surface area contributed by atoms with E-state index in [1.165, 1.54) is 0 Å². The smallest absolute Gasteiger partial charge is 0.232 e. The highest BCUT2D eigenvalue weighted by Gasteiger charge is 2.31. The van der Waals surface area contributed by atoms with Crippen LogP contribution in [0.4, 0.5) is 0 Å². The molecule has 0 spiro atoms. The second-order valence-corrected chi connectivity index (χ2v) is 3.23. The van der Waals surface area contributed by atoms with E-state index in [0.29, 0.717) is 24.2 Å². The first kappa shape index (κ1) is 8.20. The van der Waals surface area contributed by atoms with Gasteiger partial charge in [-0.1, -0.05) is 5.16 Å². The van der Waals surface area contributed by atoms with Gasteiger partial charge < -0.3 is 4.52 Å². The third-order valence-electron chi connectivity index (χ3n) is 2.14. The van der Waals surface area contributed by atoms with Crippen LogP contribution in [0.1, 0.15) is 17.6 Å². The van der Waals surface area contributed by atoms with Gasteiger partial charge in [0, 0.05) is 13.1 Å². The maximum absolute atomic E-state index is 8.42. The van der Waals surface area contributed by atoms with Crippen LogP contribution in [-0.2, 0) is 0 Å². The van der Waals surface area contributed by atoms with Gasteiger partial charge >= 0.3 is 0 Å². The normalized spacial score (nSPS) is 18.2. The van der Waals surface area contributed by atoms with Crippen LogP contribution >= 0.6 is 0 Å². The lowest BCUT2D eigenvalue weighted by molar-refractivity contribution is 0.142. The van der Waals surface area contributed by atoms with E-state index in [0.717, 1.165) is 13.1 Å². The van der Waals surface area contributed by atoms with Crippen molar-refractivity contribution in [1.82, 2.24) is 15.0 Å². The first-order valence-corrected chi connectivity index (χ1v) is 4.19. The summed E-state index contributed by atoms with van der Waals surface area (Å²) in [5, 5.41) is 12.1. The molecule has 0 saturated carbocycles. The van der Waals surface area contributed by atoms with Crippen LogP contribution in [0.5, 0.6) is 0 Å². The van der Waals surface area contributed by atoms with Gasteiger partial charge in [-0.15, -0.1) is 0 Å². The molecule has 1 saturated heterocycles. The molecule has 5 heteroatoms. The SMILES string of the molecule is Cc1noc(C2CN(CC#N)C2)n1. The topological polar surface area (TPSA) is 66.0 Å². The van der Waals surface area contributed by atoms with Gasteiger partial charge in [0.05, 0.1) is 18.5 Å². The number of aromatic nitrogens is 2. The molecular weight excluding hydrogens is 168 g/mol. The number of nitrogens with zero attached hydrogens (tertiary/aromatic N) is 4. The Kier molecular flexibility index (Phi) is 1.99. The minimum Gasteiger partial charge on any atom is -0.339 e. The predicted octanol–water partition coefficient (Wildman–Crippen LogP) is 0.301. The number of nitriles is 1. The van der Waals surface area contributed by atoms with Crippen LogP contribution in [0.2, 0.25) is 0 Å². The lowest BCUT2D eigenvalue weighted by Gasteiger charge is -2.34. The zero-order valence-corrected chi connectivity index (χ0v) is 7.40. The molecule has 1 aliphatic rings. The summed E-state index contributed by atoms with van der Waals surface area (Å²) >= 11 is 0. The van der Waals surface area contributed by atoms with E-state index in [9.17, 15) is 0 Å². The Bertz CT molecular complexity index is 334. The van der Waals surface area contributed by atoms with Crippen molar-refractivity contribution < 1.29 is 4.52 Å². The Morgan fingerprint density at radius 2 is 2.46 bits per heavy atom. The lowest BCUT2D eigenvalue weighted by Crippen LogP contribution is -2.45.